The van der Waals surface area contributed by atoms with Crippen LogP contribution in [0.3, 0.4) is 0 Å². The van der Waals surface area contributed by atoms with Crippen LogP contribution in [0.4, 0.5) is 0 Å². The third-order valence-corrected chi connectivity index (χ3v) is 2.87. The number of nitrogens with one attached hydrogen (secondary N) is 1. The molecule has 0 atom stereocenters. The molecule has 0 amide bonds. The molecule has 1 aromatic rings. The zero-order valence-corrected chi connectivity index (χ0v) is 11.8. The van der Waals surface area contributed by atoms with Gasteiger partial charge in [-0.15, -0.1) is 0 Å². The number of hydrogen-bond donors (Lipinski definition) is 1. The van der Waals surface area contributed by atoms with Crippen LogP contribution in [0.15, 0.2) is 22.7 Å². The summed E-state index contributed by atoms with van der Waals surface area (Å²) < 4.78 is 6.88. The van der Waals surface area contributed by atoms with Crippen LogP contribution in [0.5, 0.6) is 5.75 Å². The van der Waals surface area contributed by atoms with Crippen LogP contribution < -0.4 is 10.1 Å². The maximum absolute atomic E-state index is 5.77. The third kappa shape index (κ3) is 4.14. The van der Waals surface area contributed by atoms with Crippen LogP contribution in [-0.2, 0) is 0 Å². The second-order valence-corrected chi connectivity index (χ2v) is 4.95. The van der Waals surface area contributed by atoms with Crippen LogP contribution in [0, 0.1) is 0 Å². The quantitative estimate of drug-likeness (QED) is 0.807. The average molecular weight is 286 g/mol. The highest BCUT2D eigenvalue weighted by Gasteiger charge is 2.08. The topological polar surface area (TPSA) is 21.3 Å². The van der Waals surface area contributed by atoms with E-state index in [0.29, 0.717) is 5.92 Å². The molecule has 90 valence electrons. The van der Waals surface area contributed by atoms with Gasteiger partial charge in [-0.05, 0) is 36.2 Å². The molecule has 0 bridgehead atoms. The molecule has 1 aromatic carbocycles. The lowest BCUT2D eigenvalue weighted by Crippen LogP contribution is -2.20. The van der Waals surface area contributed by atoms with Crippen molar-refractivity contribution in [2.45, 2.75) is 26.7 Å². The van der Waals surface area contributed by atoms with Gasteiger partial charge < -0.3 is 10.1 Å². The fourth-order valence-electron chi connectivity index (χ4n) is 1.51. The molecule has 16 heavy (non-hydrogen) atoms. The van der Waals surface area contributed by atoms with Gasteiger partial charge in [0.15, 0.2) is 0 Å². The van der Waals surface area contributed by atoms with E-state index >= 15 is 0 Å². The fourth-order valence-corrected chi connectivity index (χ4v) is 1.89. The first kappa shape index (κ1) is 13.5. The van der Waals surface area contributed by atoms with Crippen LogP contribution in [0.2, 0.25) is 0 Å². The normalized spacial score (nSPS) is 10.8. The number of likely N-dealkylation sites (N-methyl/N-ethyl adjacent to an activating group) is 1. The molecule has 1 rings (SSSR count). The monoisotopic (exact) mass is 285 g/mol. The van der Waals surface area contributed by atoms with Crippen molar-refractivity contribution in [1.29, 1.82) is 0 Å². The maximum atomic E-state index is 5.77. The Hall–Kier alpha value is -0.540. The summed E-state index contributed by atoms with van der Waals surface area (Å²) in [5.74, 6) is 1.47. The predicted molar refractivity (Wildman–Crippen MR) is 72.3 cm³/mol. The Balaban J connectivity index is 2.64. The van der Waals surface area contributed by atoms with Crippen LogP contribution in [-0.4, -0.2) is 19.7 Å². The number of rotatable bonds is 6. The number of hydrogen-bond acceptors (Lipinski definition) is 2. The van der Waals surface area contributed by atoms with Gasteiger partial charge in [0.1, 0.15) is 12.4 Å². The van der Waals surface area contributed by atoms with E-state index in [9.17, 15) is 0 Å². The van der Waals surface area contributed by atoms with E-state index in [4.69, 9.17) is 4.74 Å². The van der Waals surface area contributed by atoms with Gasteiger partial charge in [0.25, 0.3) is 0 Å². The van der Waals surface area contributed by atoms with E-state index in [1.807, 2.05) is 12.1 Å². The number of halogens is 1. The first-order valence-corrected chi connectivity index (χ1v) is 6.57. The Kier molecular flexibility index (Phi) is 5.85. The fraction of sp³-hybridized carbons (Fsp3) is 0.538. The summed E-state index contributed by atoms with van der Waals surface area (Å²) in [6, 6.07) is 6.19. The van der Waals surface area contributed by atoms with E-state index in [1.165, 1.54) is 5.56 Å². The van der Waals surface area contributed by atoms with Gasteiger partial charge in [-0.3, -0.25) is 0 Å². The standard InChI is InChI=1S/C13H20BrNO/c1-4-15-7-8-16-13-6-5-11(14)9-12(13)10(2)3/h5-6,9-10,15H,4,7-8H2,1-3H3. The highest BCUT2D eigenvalue weighted by molar-refractivity contribution is 9.10. The second-order valence-electron chi connectivity index (χ2n) is 4.04. The van der Waals surface area contributed by atoms with Gasteiger partial charge in [-0.1, -0.05) is 36.7 Å². The van der Waals surface area contributed by atoms with Crippen molar-refractivity contribution in [3.63, 3.8) is 0 Å². The minimum atomic E-state index is 0.478. The Morgan fingerprint density at radius 2 is 2.12 bits per heavy atom. The van der Waals surface area contributed by atoms with E-state index in [1.54, 1.807) is 0 Å². The molecular weight excluding hydrogens is 266 g/mol. The van der Waals surface area contributed by atoms with Crippen molar-refractivity contribution < 1.29 is 4.74 Å². The van der Waals surface area contributed by atoms with Crippen LogP contribution in [0.1, 0.15) is 32.3 Å². The van der Waals surface area contributed by atoms with Crippen molar-refractivity contribution in [2.75, 3.05) is 19.7 Å². The molecule has 0 aromatic heterocycles. The van der Waals surface area contributed by atoms with E-state index in [0.717, 1.165) is 29.9 Å². The van der Waals surface area contributed by atoms with Crippen molar-refractivity contribution in [1.82, 2.24) is 5.32 Å². The molecule has 0 aliphatic rings. The summed E-state index contributed by atoms with van der Waals surface area (Å²) >= 11 is 3.49. The van der Waals surface area contributed by atoms with Gasteiger partial charge in [0.05, 0.1) is 0 Å². The molecule has 0 spiro atoms. The maximum Gasteiger partial charge on any atom is 0.122 e. The summed E-state index contributed by atoms with van der Waals surface area (Å²) in [7, 11) is 0. The summed E-state index contributed by atoms with van der Waals surface area (Å²) in [6.07, 6.45) is 0. The zero-order chi connectivity index (χ0) is 12.0. The molecular formula is C13H20BrNO. The minimum Gasteiger partial charge on any atom is -0.492 e. The average Bonchev–Trinajstić information content (AvgIpc) is 2.26. The molecule has 0 unspecified atom stereocenters. The summed E-state index contributed by atoms with van der Waals surface area (Å²) in [5, 5.41) is 3.24. The summed E-state index contributed by atoms with van der Waals surface area (Å²) in [6.45, 7) is 9.05. The lowest BCUT2D eigenvalue weighted by Gasteiger charge is -2.14. The Labute approximate surface area is 107 Å². The first-order chi connectivity index (χ1) is 7.65. The van der Waals surface area contributed by atoms with Crippen LogP contribution >= 0.6 is 15.9 Å². The molecule has 2 nitrogen and oxygen atoms in total. The smallest absolute Gasteiger partial charge is 0.122 e. The molecule has 0 aliphatic heterocycles. The molecule has 0 fully saturated rings. The highest BCUT2D eigenvalue weighted by atomic mass is 79.9. The van der Waals surface area contributed by atoms with Crippen LogP contribution in [0.25, 0.3) is 0 Å². The molecule has 0 saturated carbocycles. The first-order valence-electron chi connectivity index (χ1n) is 5.78. The van der Waals surface area contributed by atoms with Gasteiger partial charge in [0, 0.05) is 11.0 Å². The van der Waals surface area contributed by atoms with E-state index < -0.39 is 0 Å². The second kappa shape index (κ2) is 6.92. The number of ether oxygens (including phenoxy) is 1. The SMILES string of the molecule is CCNCCOc1ccc(Br)cc1C(C)C. The van der Waals surface area contributed by atoms with Crippen molar-refractivity contribution in [3.05, 3.63) is 28.2 Å². The highest BCUT2D eigenvalue weighted by Crippen LogP contribution is 2.29. The van der Waals surface area contributed by atoms with Gasteiger partial charge in [-0.2, -0.15) is 0 Å². The van der Waals surface area contributed by atoms with E-state index in [2.05, 4.69) is 48.1 Å². The molecule has 1 N–H and O–H groups in total. The summed E-state index contributed by atoms with van der Waals surface area (Å²) in [5.41, 5.74) is 1.26. The zero-order valence-electron chi connectivity index (χ0n) is 10.2. The summed E-state index contributed by atoms with van der Waals surface area (Å²) in [4.78, 5) is 0. The minimum absolute atomic E-state index is 0.478. The van der Waals surface area contributed by atoms with Gasteiger partial charge >= 0.3 is 0 Å². The lowest BCUT2D eigenvalue weighted by atomic mass is 10.0. The third-order valence-electron chi connectivity index (χ3n) is 2.38. The lowest BCUT2D eigenvalue weighted by molar-refractivity contribution is 0.311. The largest absolute Gasteiger partial charge is 0.492 e. The molecule has 3 heteroatoms. The van der Waals surface area contributed by atoms with E-state index in [-0.39, 0.29) is 0 Å². The Morgan fingerprint density at radius 3 is 2.75 bits per heavy atom. The molecule has 0 aliphatic carbocycles. The Bertz CT molecular complexity index is 326. The van der Waals surface area contributed by atoms with Crippen molar-refractivity contribution in [3.8, 4) is 5.75 Å². The Morgan fingerprint density at radius 1 is 1.38 bits per heavy atom. The number of benzene rings is 1. The van der Waals surface area contributed by atoms with Crippen molar-refractivity contribution >= 4 is 15.9 Å². The molecule has 0 radical (unpaired) electrons. The van der Waals surface area contributed by atoms with Gasteiger partial charge in [0.2, 0.25) is 0 Å². The molecule has 0 heterocycles. The predicted octanol–water partition coefficient (Wildman–Crippen LogP) is 3.56. The van der Waals surface area contributed by atoms with Gasteiger partial charge in [-0.25, -0.2) is 0 Å². The van der Waals surface area contributed by atoms with Crippen molar-refractivity contribution in [2.24, 2.45) is 0 Å². The molecule has 0 saturated heterocycles.